The molecule has 3 aliphatic rings. The lowest BCUT2D eigenvalue weighted by Crippen LogP contribution is -2.53. The molecule has 3 saturated carbocycles. The van der Waals surface area contributed by atoms with Crippen molar-refractivity contribution in [2.24, 2.45) is 40.6 Å². The summed E-state index contributed by atoms with van der Waals surface area (Å²) in [7, 11) is 0. The van der Waals surface area contributed by atoms with Gasteiger partial charge in [-0.15, -0.1) is 0 Å². The fourth-order valence-electron chi connectivity index (χ4n) is 6.58. The number of rotatable bonds is 3. The van der Waals surface area contributed by atoms with Crippen molar-refractivity contribution in [3.05, 3.63) is 35.9 Å². The van der Waals surface area contributed by atoms with Gasteiger partial charge in [0.15, 0.2) is 0 Å². The molecule has 0 radical (unpaired) electrons. The van der Waals surface area contributed by atoms with Gasteiger partial charge in [0.25, 0.3) is 0 Å². The third kappa shape index (κ3) is 4.87. The lowest BCUT2D eigenvalue weighted by atomic mass is 9.48. The molecule has 1 aromatic carbocycles. The largest absolute Gasteiger partial charge is 0.369 e. The van der Waals surface area contributed by atoms with E-state index in [0.717, 1.165) is 25.3 Å². The number of hydrogen-bond acceptors (Lipinski definition) is 2. The number of benzene rings is 1. The molecule has 2 bridgehead atoms. The molecular weight excluding hydrogens is 356 g/mol. The van der Waals surface area contributed by atoms with Gasteiger partial charge in [0.2, 0.25) is 5.91 Å². The third-order valence-corrected chi connectivity index (χ3v) is 8.49. The summed E-state index contributed by atoms with van der Waals surface area (Å²) in [5.41, 5.74) is 12.5. The van der Waals surface area contributed by atoms with E-state index in [0.29, 0.717) is 17.8 Å². The van der Waals surface area contributed by atoms with Crippen molar-refractivity contribution in [1.29, 1.82) is 0 Å². The van der Waals surface area contributed by atoms with Crippen molar-refractivity contribution in [2.75, 3.05) is 6.54 Å². The van der Waals surface area contributed by atoms with E-state index in [-0.39, 0.29) is 16.7 Å². The molecular formula is C26H42N2O. The quantitative estimate of drug-likeness (QED) is 0.714. The van der Waals surface area contributed by atoms with Crippen LogP contribution in [0.1, 0.15) is 84.1 Å². The van der Waals surface area contributed by atoms with E-state index in [4.69, 9.17) is 11.5 Å². The Morgan fingerprint density at radius 2 is 1.69 bits per heavy atom. The second-order valence-corrected chi connectivity index (χ2v) is 10.7. The summed E-state index contributed by atoms with van der Waals surface area (Å²) in [6.45, 7) is 7.74. The molecule has 29 heavy (non-hydrogen) atoms. The fourth-order valence-corrected chi connectivity index (χ4v) is 6.58. The lowest BCUT2D eigenvalue weighted by Gasteiger charge is -2.56. The Labute approximate surface area is 178 Å². The van der Waals surface area contributed by atoms with Crippen molar-refractivity contribution >= 4 is 5.91 Å². The lowest BCUT2D eigenvalue weighted by molar-refractivity contribution is -0.134. The zero-order valence-corrected chi connectivity index (χ0v) is 18.8. The van der Waals surface area contributed by atoms with Crippen LogP contribution in [0.4, 0.5) is 0 Å². The van der Waals surface area contributed by atoms with Crippen molar-refractivity contribution in [3.63, 3.8) is 0 Å². The summed E-state index contributed by atoms with van der Waals surface area (Å²) in [6.07, 6.45) is 11.3. The van der Waals surface area contributed by atoms with Crippen molar-refractivity contribution < 1.29 is 4.79 Å². The summed E-state index contributed by atoms with van der Waals surface area (Å²) < 4.78 is 0. The molecule has 3 nitrogen and oxygen atoms in total. The molecule has 3 aliphatic carbocycles. The van der Waals surface area contributed by atoms with Crippen LogP contribution in [0.25, 0.3) is 0 Å². The van der Waals surface area contributed by atoms with Crippen LogP contribution in [0.5, 0.6) is 0 Å². The first-order valence-electron chi connectivity index (χ1n) is 11.9. The molecule has 3 fully saturated rings. The van der Waals surface area contributed by atoms with E-state index in [1.165, 1.54) is 50.5 Å². The Bertz CT molecular complexity index is 665. The molecule has 3 heteroatoms. The Morgan fingerprint density at radius 3 is 2.24 bits per heavy atom. The van der Waals surface area contributed by atoms with Gasteiger partial charge in [-0.2, -0.15) is 0 Å². The van der Waals surface area contributed by atoms with E-state index in [1.54, 1.807) is 0 Å². The molecule has 0 saturated heterocycles. The topological polar surface area (TPSA) is 69.1 Å². The molecule has 162 valence electrons. The minimum atomic E-state index is -0.354. The highest BCUT2D eigenvalue weighted by Crippen LogP contribution is 2.59. The fraction of sp³-hybridized carbons (Fsp3) is 0.731. The van der Waals surface area contributed by atoms with Crippen molar-refractivity contribution in [1.82, 2.24) is 0 Å². The highest BCUT2D eigenvalue weighted by molar-refractivity contribution is 5.80. The predicted molar refractivity (Wildman–Crippen MR) is 121 cm³/mol. The van der Waals surface area contributed by atoms with Crippen LogP contribution in [-0.4, -0.2) is 12.5 Å². The number of carbonyl (C=O) groups is 1. The van der Waals surface area contributed by atoms with Crippen molar-refractivity contribution in [2.45, 2.75) is 84.0 Å². The molecule has 0 heterocycles. The maximum Gasteiger partial charge on any atom is 0.223 e. The summed E-state index contributed by atoms with van der Waals surface area (Å²) in [6, 6.07) is 10.8. The maximum absolute atomic E-state index is 12.1. The Kier molecular flexibility index (Phi) is 7.09. The highest BCUT2D eigenvalue weighted by Gasteiger charge is 2.54. The first-order chi connectivity index (χ1) is 13.8. The van der Waals surface area contributed by atoms with Gasteiger partial charge in [0.1, 0.15) is 0 Å². The molecule has 0 spiro atoms. The first-order valence-corrected chi connectivity index (χ1v) is 11.9. The molecule has 0 aliphatic heterocycles. The molecule has 5 unspecified atom stereocenters. The Balaban J connectivity index is 0.000000252. The Hall–Kier alpha value is -1.35. The van der Waals surface area contributed by atoms with Gasteiger partial charge in [-0.25, -0.2) is 0 Å². The SMILES string of the molecule is CC1CC2(c3ccccc3)CC(CC(C)(C(N)=O)C2)C1C.NCC1CCCCC1. The van der Waals surface area contributed by atoms with Crippen LogP contribution < -0.4 is 11.5 Å². The average molecular weight is 399 g/mol. The van der Waals surface area contributed by atoms with E-state index < -0.39 is 0 Å². The molecule has 1 amide bonds. The van der Waals surface area contributed by atoms with Crippen LogP contribution in [0.15, 0.2) is 30.3 Å². The van der Waals surface area contributed by atoms with Crippen LogP contribution in [0, 0.1) is 29.1 Å². The molecule has 4 rings (SSSR count). The number of amides is 1. The van der Waals surface area contributed by atoms with Crippen molar-refractivity contribution in [3.8, 4) is 0 Å². The third-order valence-electron chi connectivity index (χ3n) is 8.49. The van der Waals surface area contributed by atoms with E-state index in [9.17, 15) is 4.79 Å². The zero-order valence-electron chi connectivity index (χ0n) is 18.8. The first kappa shape index (κ1) is 22.3. The number of carbonyl (C=O) groups excluding carboxylic acids is 1. The van der Waals surface area contributed by atoms with Gasteiger partial charge >= 0.3 is 0 Å². The summed E-state index contributed by atoms with van der Waals surface area (Å²) in [5.74, 6) is 2.75. The minimum absolute atomic E-state index is 0.116. The van der Waals surface area contributed by atoms with Gasteiger partial charge in [0.05, 0.1) is 0 Å². The maximum atomic E-state index is 12.1. The number of nitrogens with two attached hydrogens (primary N) is 2. The van der Waals surface area contributed by atoms with E-state index >= 15 is 0 Å². The summed E-state index contributed by atoms with van der Waals surface area (Å²) in [5, 5.41) is 0. The highest BCUT2D eigenvalue weighted by atomic mass is 16.1. The number of primary amides is 1. The second-order valence-electron chi connectivity index (χ2n) is 10.7. The van der Waals surface area contributed by atoms with Gasteiger partial charge in [-0.1, -0.05) is 70.4 Å². The monoisotopic (exact) mass is 398 g/mol. The standard InChI is InChI=1S/C19H27NO.C7H15N/c1-13-9-19(16-7-5-4-6-8-16)11-15(14(13)2)10-18(3,12-19)17(20)21;8-6-7-4-2-1-3-5-7/h4-8,13-15H,9-12H2,1-3H3,(H2,20,21);7H,1-6,8H2. The van der Waals surface area contributed by atoms with Crippen LogP contribution in [0.2, 0.25) is 0 Å². The van der Waals surface area contributed by atoms with Crippen LogP contribution >= 0.6 is 0 Å². The predicted octanol–water partition coefficient (Wildman–Crippen LogP) is 5.42. The number of hydrogen-bond donors (Lipinski definition) is 2. The minimum Gasteiger partial charge on any atom is -0.369 e. The van der Waals surface area contributed by atoms with Gasteiger partial charge < -0.3 is 11.5 Å². The molecule has 0 aromatic heterocycles. The number of fused-ring (bicyclic) bond motifs is 2. The van der Waals surface area contributed by atoms with Gasteiger partial charge in [-0.05, 0) is 79.7 Å². The normalized spacial score (nSPS) is 37.3. The van der Waals surface area contributed by atoms with Gasteiger partial charge in [0, 0.05) is 5.41 Å². The molecule has 5 atom stereocenters. The van der Waals surface area contributed by atoms with E-state index in [1.807, 2.05) is 0 Å². The molecule has 4 N–H and O–H groups in total. The van der Waals surface area contributed by atoms with Crippen LogP contribution in [0.3, 0.4) is 0 Å². The summed E-state index contributed by atoms with van der Waals surface area (Å²) >= 11 is 0. The zero-order chi connectivity index (χ0) is 21.1. The second kappa shape index (κ2) is 9.20. The molecule has 1 aromatic rings. The average Bonchev–Trinajstić information content (AvgIpc) is 2.73. The summed E-state index contributed by atoms with van der Waals surface area (Å²) in [4.78, 5) is 12.1. The smallest absolute Gasteiger partial charge is 0.223 e. The van der Waals surface area contributed by atoms with Crippen LogP contribution in [-0.2, 0) is 10.2 Å². The van der Waals surface area contributed by atoms with Gasteiger partial charge in [-0.3, -0.25) is 4.79 Å². The Morgan fingerprint density at radius 1 is 1.03 bits per heavy atom. The van der Waals surface area contributed by atoms with E-state index in [2.05, 4.69) is 51.1 Å².